The van der Waals surface area contributed by atoms with Crippen molar-refractivity contribution in [2.75, 3.05) is 49.6 Å². The Kier molecular flexibility index (Phi) is 9.85. The fourth-order valence-electron chi connectivity index (χ4n) is 4.61. The van der Waals surface area contributed by atoms with Crippen LogP contribution >= 0.6 is 50.6 Å². The van der Waals surface area contributed by atoms with E-state index in [2.05, 4.69) is 76.9 Å². The summed E-state index contributed by atoms with van der Waals surface area (Å²) < 4.78 is 29.1. The number of anilines is 1. The molecule has 2 aliphatic rings. The van der Waals surface area contributed by atoms with E-state index in [4.69, 9.17) is 21.1 Å². The number of nitrogens with zero attached hydrogens (tertiary/aromatic N) is 6. The topological polar surface area (TPSA) is 104 Å². The van der Waals surface area contributed by atoms with E-state index < -0.39 is 10.1 Å². The number of thioether (sulfide) groups is 1. The second-order valence-corrected chi connectivity index (χ2v) is 14.8. The highest BCUT2D eigenvalue weighted by molar-refractivity contribution is 9.11. The van der Waals surface area contributed by atoms with Gasteiger partial charge in [-0.05, 0) is 40.2 Å². The molecular formula is C27H28BrClN6O3S3. The minimum absolute atomic E-state index is 0.462. The van der Waals surface area contributed by atoms with Crippen molar-refractivity contribution >= 4 is 72.4 Å². The Morgan fingerprint density at radius 1 is 1.02 bits per heavy atom. The summed E-state index contributed by atoms with van der Waals surface area (Å²) in [5, 5.41) is 11.0. The average Bonchev–Trinajstić information content (AvgIpc) is 3.49. The molecule has 0 aliphatic carbocycles. The minimum atomic E-state index is -3.67. The second-order valence-electron chi connectivity index (χ2n) is 9.39. The second kappa shape index (κ2) is 13.4. The van der Waals surface area contributed by atoms with Crippen molar-refractivity contribution in [3.8, 4) is 5.00 Å². The highest BCUT2D eigenvalue weighted by Gasteiger charge is 2.29. The van der Waals surface area contributed by atoms with Crippen LogP contribution in [0.2, 0.25) is 5.02 Å². The van der Waals surface area contributed by atoms with Gasteiger partial charge < -0.3 is 4.90 Å². The molecule has 1 fully saturated rings. The fourth-order valence-corrected chi connectivity index (χ4v) is 7.36. The Bertz CT molecular complexity index is 1630. The highest BCUT2D eigenvalue weighted by Crippen LogP contribution is 2.38. The van der Waals surface area contributed by atoms with Gasteiger partial charge in [-0.15, -0.1) is 33.3 Å². The van der Waals surface area contributed by atoms with Gasteiger partial charge in [0.1, 0.15) is 11.5 Å². The number of aliphatic imine (C=N–C) groups is 1. The maximum atomic E-state index is 9.19. The molecule has 2 aromatic carbocycles. The van der Waals surface area contributed by atoms with Crippen molar-refractivity contribution in [2.24, 2.45) is 4.99 Å². The van der Waals surface area contributed by atoms with Gasteiger partial charge in [0.05, 0.1) is 15.8 Å². The average molecular weight is 696 g/mol. The molecule has 1 N–H and O–H groups in total. The first-order chi connectivity index (χ1) is 19.7. The molecule has 6 rings (SSSR count). The third kappa shape index (κ3) is 7.78. The maximum Gasteiger partial charge on any atom is 0.261 e. The summed E-state index contributed by atoms with van der Waals surface area (Å²) >= 11 is 13.9. The highest BCUT2D eigenvalue weighted by atomic mass is 79.9. The number of rotatable bonds is 6. The zero-order valence-corrected chi connectivity index (χ0v) is 26.9. The van der Waals surface area contributed by atoms with Gasteiger partial charge in [-0.1, -0.05) is 48.0 Å². The Morgan fingerprint density at radius 3 is 2.41 bits per heavy atom. The van der Waals surface area contributed by atoms with E-state index in [-0.39, 0.29) is 0 Å². The van der Waals surface area contributed by atoms with Gasteiger partial charge in [0, 0.05) is 59.5 Å². The molecule has 0 amide bonds. The lowest BCUT2D eigenvalue weighted by Gasteiger charge is -2.35. The summed E-state index contributed by atoms with van der Waals surface area (Å²) in [7, 11) is -3.67. The minimum Gasteiger partial charge on any atom is -0.338 e. The number of halogens is 2. The number of aromatic nitrogens is 3. The van der Waals surface area contributed by atoms with E-state index in [1.807, 2.05) is 36.0 Å². The number of piperazine rings is 1. The molecule has 0 saturated carbocycles. The van der Waals surface area contributed by atoms with Gasteiger partial charge in [0.25, 0.3) is 10.1 Å². The predicted octanol–water partition coefficient (Wildman–Crippen LogP) is 5.51. The van der Waals surface area contributed by atoms with Crippen LogP contribution in [0.1, 0.15) is 17.0 Å². The van der Waals surface area contributed by atoms with Crippen LogP contribution in [0.15, 0.2) is 74.3 Å². The molecule has 216 valence electrons. The first-order valence-electron chi connectivity index (χ1n) is 12.8. The quantitative estimate of drug-likeness (QED) is 0.208. The molecule has 14 heteroatoms. The van der Waals surface area contributed by atoms with Crippen LogP contribution in [-0.2, 0) is 16.7 Å². The zero-order chi connectivity index (χ0) is 29.0. The summed E-state index contributed by atoms with van der Waals surface area (Å²) in [6.07, 6.45) is 0.715. The van der Waals surface area contributed by atoms with E-state index in [0.29, 0.717) is 17.8 Å². The van der Waals surface area contributed by atoms with E-state index >= 15 is 0 Å². The van der Waals surface area contributed by atoms with Crippen molar-refractivity contribution in [2.45, 2.75) is 11.4 Å². The molecule has 0 atom stereocenters. The summed E-state index contributed by atoms with van der Waals surface area (Å²) in [4.78, 5) is 11.2. The van der Waals surface area contributed by atoms with Gasteiger partial charge in [-0.25, -0.2) is 0 Å². The molecule has 0 bridgehead atoms. The summed E-state index contributed by atoms with van der Waals surface area (Å²) in [5.41, 5.74) is 2.89. The normalized spacial score (nSPS) is 15.3. The first kappa shape index (κ1) is 30.2. The van der Waals surface area contributed by atoms with E-state index in [1.54, 1.807) is 11.3 Å². The molecule has 2 aliphatic heterocycles. The largest absolute Gasteiger partial charge is 0.338 e. The Morgan fingerprint density at radius 2 is 1.71 bits per heavy atom. The number of hydrogen-bond acceptors (Lipinski definition) is 9. The third-order valence-corrected chi connectivity index (χ3v) is 9.38. The van der Waals surface area contributed by atoms with E-state index in [1.165, 1.54) is 4.90 Å². The lowest BCUT2D eigenvalue weighted by atomic mass is 10.0. The third-order valence-electron chi connectivity index (χ3n) is 6.44. The number of benzene rings is 2. The monoisotopic (exact) mass is 694 g/mol. The van der Waals surface area contributed by atoms with E-state index in [0.717, 1.165) is 75.9 Å². The van der Waals surface area contributed by atoms with Gasteiger partial charge in [0.2, 0.25) is 5.95 Å². The lowest BCUT2D eigenvalue weighted by Crippen LogP contribution is -2.47. The standard InChI is InChI=1S/C26H24BrClN6S2.CH4O3S/c27-22-16-20-24(19-8-4-5-9-21(19)28)29-17-23-30-31-26(34(23)25(20)36-22)33-12-10-32(11-13-33)14-15-35-18-6-2-1-3-7-18;1-5(2,3)4/h1-9,16H,10-15,17H2;1H3,(H,2,3,4). The Labute approximate surface area is 261 Å². The van der Waals surface area contributed by atoms with Crippen LogP contribution in [-0.4, -0.2) is 83.1 Å². The number of hydrogen-bond donors (Lipinski definition) is 1. The maximum absolute atomic E-state index is 9.19. The van der Waals surface area contributed by atoms with Crippen molar-refractivity contribution < 1.29 is 13.0 Å². The summed E-state index contributed by atoms with van der Waals surface area (Å²) in [6, 6.07) is 20.6. The molecule has 0 spiro atoms. The van der Waals surface area contributed by atoms with Crippen molar-refractivity contribution in [1.82, 2.24) is 19.7 Å². The molecule has 0 radical (unpaired) electrons. The van der Waals surface area contributed by atoms with Crippen molar-refractivity contribution in [3.63, 3.8) is 0 Å². The fraction of sp³-hybridized carbons (Fsp3) is 0.296. The van der Waals surface area contributed by atoms with Crippen LogP contribution in [0.3, 0.4) is 0 Å². The smallest absolute Gasteiger partial charge is 0.261 e. The van der Waals surface area contributed by atoms with Gasteiger partial charge in [0.15, 0.2) is 5.82 Å². The molecule has 0 unspecified atom stereocenters. The first-order valence-corrected chi connectivity index (χ1v) is 17.6. The van der Waals surface area contributed by atoms with Crippen molar-refractivity contribution in [1.29, 1.82) is 0 Å². The van der Waals surface area contributed by atoms with Gasteiger partial charge in [-0.3, -0.25) is 19.0 Å². The SMILES string of the molecule is CS(=O)(=O)O.Clc1ccccc1C1=NCc2nnc(N3CCN(CCSc4ccccc4)CC3)n2-c2sc(Br)cc21. The van der Waals surface area contributed by atoms with Crippen LogP contribution in [0, 0.1) is 0 Å². The van der Waals surface area contributed by atoms with Crippen LogP contribution in [0.4, 0.5) is 5.95 Å². The predicted molar refractivity (Wildman–Crippen MR) is 171 cm³/mol. The van der Waals surface area contributed by atoms with Crippen LogP contribution < -0.4 is 4.90 Å². The number of fused-ring (bicyclic) bond motifs is 3. The van der Waals surface area contributed by atoms with Crippen LogP contribution in [0.25, 0.3) is 5.00 Å². The van der Waals surface area contributed by atoms with Gasteiger partial charge >= 0.3 is 0 Å². The summed E-state index contributed by atoms with van der Waals surface area (Å²) in [6.45, 7) is 5.42. The molecule has 2 aromatic heterocycles. The zero-order valence-electron chi connectivity index (χ0n) is 22.2. The summed E-state index contributed by atoms with van der Waals surface area (Å²) in [5.74, 6) is 2.85. The molecule has 41 heavy (non-hydrogen) atoms. The Balaban J connectivity index is 0.000000623. The molecule has 4 heterocycles. The lowest BCUT2D eigenvalue weighted by molar-refractivity contribution is 0.271. The molecular weight excluding hydrogens is 668 g/mol. The van der Waals surface area contributed by atoms with Crippen molar-refractivity contribution in [3.05, 3.63) is 86.4 Å². The molecule has 9 nitrogen and oxygen atoms in total. The molecule has 1 saturated heterocycles. The van der Waals surface area contributed by atoms with E-state index in [9.17, 15) is 8.42 Å². The van der Waals surface area contributed by atoms with Crippen LogP contribution in [0.5, 0.6) is 0 Å². The number of thiophene rings is 1. The molecule has 4 aromatic rings. The Hall–Kier alpha value is -2.26. The van der Waals surface area contributed by atoms with Gasteiger partial charge in [-0.2, -0.15) is 8.42 Å².